The van der Waals surface area contributed by atoms with Crippen molar-refractivity contribution < 1.29 is 4.39 Å². The fourth-order valence-corrected chi connectivity index (χ4v) is 2.19. The molecular weight excluding hydrogens is 273 g/mol. The second-order valence-corrected chi connectivity index (χ2v) is 6.33. The van der Waals surface area contributed by atoms with Crippen LogP contribution in [0.2, 0.25) is 5.02 Å². The van der Waals surface area contributed by atoms with E-state index in [4.69, 9.17) is 11.6 Å². The SMILES string of the molecule is CC(C)(C)c1ccc(CNc2ccc(F)cc2Cl)cc1. The van der Waals surface area contributed by atoms with Crippen molar-refractivity contribution in [2.75, 3.05) is 5.32 Å². The lowest BCUT2D eigenvalue weighted by molar-refractivity contribution is 0.590. The minimum absolute atomic E-state index is 0.159. The standard InChI is InChI=1S/C17H19ClFN/c1-17(2,3)13-6-4-12(5-7-13)11-20-16-9-8-14(19)10-15(16)18/h4-10,20H,11H2,1-3H3. The third-order valence-electron chi connectivity index (χ3n) is 3.23. The van der Waals surface area contributed by atoms with E-state index in [0.29, 0.717) is 11.6 Å². The predicted octanol–water partition coefficient (Wildman–Crippen LogP) is 5.39. The van der Waals surface area contributed by atoms with Gasteiger partial charge in [-0.2, -0.15) is 0 Å². The van der Waals surface area contributed by atoms with E-state index in [2.05, 4.69) is 50.4 Å². The molecule has 0 aliphatic carbocycles. The molecule has 0 aromatic heterocycles. The second-order valence-electron chi connectivity index (χ2n) is 5.92. The normalized spacial score (nSPS) is 11.4. The van der Waals surface area contributed by atoms with Crippen molar-refractivity contribution in [1.82, 2.24) is 0 Å². The van der Waals surface area contributed by atoms with Crippen LogP contribution in [0.25, 0.3) is 0 Å². The molecule has 0 radical (unpaired) electrons. The zero-order chi connectivity index (χ0) is 14.8. The highest BCUT2D eigenvalue weighted by molar-refractivity contribution is 6.33. The van der Waals surface area contributed by atoms with Crippen LogP contribution in [0.5, 0.6) is 0 Å². The molecule has 2 aromatic rings. The molecule has 0 atom stereocenters. The Balaban J connectivity index is 2.04. The van der Waals surface area contributed by atoms with Crippen molar-refractivity contribution in [2.45, 2.75) is 32.7 Å². The van der Waals surface area contributed by atoms with Gasteiger partial charge >= 0.3 is 0 Å². The zero-order valence-electron chi connectivity index (χ0n) is 12.0. The third kappa shape index (κ3) is 3.73. The van der Waals surface area contributed by atoms with Gasteiger partial charge in [-0.05, 0) is 34.7 Å². The maximum absolute atomic E-state index is 13.0. The van der Waals surface area contributed by atoms with E-state index in [0.717, 1.165) is 5.69 Å². The number of hydrogen-bond donors (Lipinski definition) is 1. The van der Waals surface area contributed by atoms with Gasteiger partial charge < -0.3 is 5.32 Å². The van der Waals surface area contributed by atoms with Gasteiger partial charge in [-0.3, -0.25) is 0 Å². The maximum atomic E-state index is 13.0. The van der Waals surface area contributed by atoms with Crippen LogP contribution in [0, 0.1) is 5.82 Å². The third-order valence-corrected chi connectivity index (χ3v) is 3.55. The van der Waals surface area contributed by atoms with Crippen LogP contribution in [-0.2, 0) is 12.0 Å². The van der Waals surface area contributed by atoms with Crippen LogP contribution in [-0.4, -0.2) is 0 Å². The zero-order valence-corrected chi connectivity index (χ0v) is 12.8. The molecule has 0 bridgehead atoms. The van der Waals surface area contributed by atoms with Gasteiger partial charge in [0.1, 0.15) is 5.82 Å². The summed E-state index contributed by atoms with van der Waals surface area (Å²) in [7, 11) is 0. The first kappa shape index (κ1) is 14.9. The monoisotopic (exact) mass is 291 g/mol. The Morgan fingerprint density at radius 1 is 1.05 bits per heavy atom. The molecule has 0 saturated carbocycles. The molecule has 0 amide bonds. The molecule has 2 aromatic carbocycles. The molecule has 1 N–H and O–H groups in total. The van der Waals surface area contributed by atoms with Crippen LogP contribution in [0.1, 0.15) is 31.9 Å². The van der Waals surface area contributed by atoms with E-state index in [1.807, 2.05) is 0 Å². The summed E-state index contributed by atoms with van der Waals surface area (Å²) in [6.07, 6.45) is 0. The quantitative estimate of drug-likeness (QED) is 0.799. The Hall–Kier alpha value is -1.54. The van der Waals surface area contributed by atoms with E-state index < -0.39 is 0 Å². The number of rotatable bonds is 3. The Bertz CT molecular complexity index is 585. The highest BCUT2D eigenvalue weighted by Crippen LogP contribution is 2.24. The number of hydrogen-bond acceptors (Lipinski definition) is 1. The molecule has 0 aliphatic heterocycles. The summed E-state index contributed by atoms with van der Waals surface area (Å²) in [6.45, 7) is 7.24. The van der Waals surface area contributed by atoms with Crippen LogP contribution in [0.15, 0.2) is 42.5 Å². The first-order valence-electron chi connectivity index (χ1n) is 6.64. The molecule has 20 heavy (non-hydrogen) atoms. The van der Waals surface area contributed by atoms with E-state index in [9.17, 15) is 4.39 Å². The summed E-state index contributed by atoms with van der Waals surface area (Å²) in [4.78, 5) is 0. The lowest BCUT2D eigenvalue weighted by atomic mass is 9.87. The van der Waals surface area contributed by atoms with Crippen LogP contribution in [0.4, 0.5) is 10.1 Å². The number of nitrogens with one attached hydrogen (secondary N) is 1. The Kier molecular flexibility index (Phi) is 4.34. The minimum Gasteiger partial charge on any atom is -0.380 e. The largest absolute Gasteiger partial charge is 0.380 e. The lowest BCUT2D eigenvalue weighted by Crippen LogP contribution is -2.11. The fourth-order valence-electron chi connectivity index (χ4n) is 1.95. The first-order chi connectivity index (χ1) is 9.36. The van der Waals surface area contributed by atoms with Crippen molar-refractivity contribution in [3.63, 3.8) is 0 Å². The van der Waals surface area contributed by atoms with Gasteiger partial charge in [0.2, 0.25) is 0 Å². The summed E-state index contributed by atoms with van der Waals surface area (Å²) in [5.74, 6) is -0.324. The van der Waals surface area contributed by atoms with Gasteiger partial charge in [0.05, 0.1) is 10.7 Å². The van der Waals surface area contributed by atoms with Crippen LogP contribution in [0.3, 0.4) is 0 Å². The molecule has 1 nitrogen and oxygen atoms in total. The Morgan fingerprint density at radius 2 is 1.70 bits per heavy atom. The Morgan fingerprint density at radius 3 is 2.25 bits per heavy atom. The van der Waals surface area contributed by atoms with Gasteiger partial charge in [-0.25, -0.2) is 4.39 Å². The number of halogens is 2. The molecule has 106 valence electrons. The molecule has 0 unspecified atom stereocenters. The van der Waals surface area contributed by atoms with E-state index in [-0.39, 0.29) is 11.2 Å². The Labute approximate surface area is 124 Å². The summed E-state index contributed by atoms with van der Waals surface area (Å²) >= 11 is 5.98. The molecule has 0 spiro atoms. The van der Waals surface area contributed by atoms with Gasteiger partial charge in [-0.15, -0.1) is 0 Å². The molecule has 0 fully saturated rings. The molecular formula is C17H19ClFN. The van der Waals surface area contributed by atoms with Crippen molar-refractivity contribution in [3.05, 3.63) is 64.4 Å². The van der Waals surface area contributed by atoms with Gasteiger partial charge in [0, 0.05) is 6.54 Å². The van der Waals surface area contributed by atoms with Crippen molar-refractivity contribution in [3.8, 4) is 0 Å². The molecule has 0 heterocycles. The van der Waals surface area contributed by atoms with Crippen molar-refractivity contribution in [2.24, 2.45) is 0 Å². The fraction of sp³-hybridized carbons (Fsp3) is 0.294. The van der Waals surface area contributed by atoms with Gasteiger partial charge in [0.25, 0.3) is 0 Å². The second kappa shape index (κ2) is 5.84. The average molecular weight is 292 g/mol. The molecule has 3 heteroatoms. The molecule has 0 saturated heterocycles. The van der Waals surface area contributed by atoms with Crippen molar-refractivity contribution in [1.29, 1.82) is 0 Å². The van der Waals surface area contributed by atoms with Crippen LogP contribution < -0.4 is 5.32 Å². The number of anilines is 1. The maximum Gasteiger partial charge on any atom is 0.124 e. The number of benzene rings is 2. The summed E-state index contributed by atoms with van der Waals surface area (Å²) < 4.78 is 13.0. The lowest BCUT2D eigenvalue weighted by Gasteiger charge is -2.19. The minimum atomic E-state index is -0.324. The van der Waals surface area contributed by atoms with E-state index in [1.54, 1.807) is 6.07 Å². The molecule has 0 aliphatic rings. The summed E-state index contributed by atoms with van der Waals surface area (Å²) in [6, 6.07) is 12.9. The van der Waals surface area contributed by atoms with Gasteiger partial charge in [-0.1, -0.05) is 56.6 Å². The van der Waals surface area contributed by atoms with Crippen LogP contribution >= 0.6 is 11.6 Å². The van der Waals surface area contributed by atoms with Crippen molar-refractivity contribution >= 4 is 17.3 Å². The summed E-state index contributed by atoms with van der Waals surface area (Å²) in [5.41, 5.74) is 3.37. The highest BCUT2D eigenvalue weighted by Gasteiger charge is 2.12. The van der Waals surface area contributed by atoms with E-state index >= 15 is 0 Å². The molecule has 2 rings (SSSR count). The summed E-state index contributed by atoms with van der Waals surface area (Å²) in [5, 5.41) is 3.62. The topological polar surface area (TPSA) is 12.0 Å². The highest BCUT2D eigenvalue weighted by atomic mass is 35.5. The predicted molar refractivity (Wildman–Crippen MR) is 83.9 cm³/mol. The smallest absolute Gasteiger partial charge is 0.124 e. The average Bonchev–Trinajstić information content (AvgIpc) is 2.37. The van der Waals surface area contributed by atoms with Gasteiger partial charge in [0.15, 0.2) is 0 Å². The first-order valence-corrected chi connectivity index (χ1v) is 7.02. The van der Waals surface area contributed by atoms with E-state index in [1.165, 1.54) is 23.3 Å².